The number of hydrogen-bond donors (Lipinski definition) is 1. The van der Waals surface area contributed by atoms with Crippen LogP contribution in [0.1, 0.15) is 127 Å². The fraction of sp³-hybridized carbons (Fsp3) is 0.848. The second kappa shape index (κ2) is 15.0. The van der Waals surface area contributed by atoms with Crippen molar-refractivity contribution in [2.45, 2.75) is 133 Å². The number of carboxylic acid groups (broad SMARTS) is 1. The molecule has 2 unspecified atom stereocenters. The molecule has 0 amide bonds. The third-order valence-electron chi connectivity index (χ3n) is 16.5. The normalized spacial score (nSPS) is 36.3. The van der Waals surface area contributed by atoms with Crippen molar-refractivity contribution in [3.63, 3.8) is 0 Å². The Balaban J connectivity index is 1.44. The van der Waals surface area contributed by atoms with Crippen LogP contribution >= 0.6 is 0 Å². The number of aliphatic carboxylic acids is 1. The second-order valence-electron chi connectivity index (χ2n) is 21.5. The summed E-state index contributed by atoms with van der Waals surface area (Å²) in [7, 11) is 8.36. The smallest absolute Gasteiger partial charge is 0.309 e. The molecule has 0 aromatic rings. The predicted octanol–water partition coefficient (Wildman–Crippen LogP) is 8.36. The molecular formula is C46H77N3O5. The Morgan fingerprint density at radius 3 is 2.02 bits per heavy atom. The van der Waals surface area contributed by atoms with Gasteiger partial charge in [-0.3, -0.25) is 19.3 Å². The van der Waals surface area contributed by atoms with E-state index < -0.39 is 16.8 Å². The molecule has 4 saturated carbocycles. The molecule has 0 bridgehead atoms. The number of carbonyl (C=O) groups excluding carboxylic acids is 2. The molecule has 306 valence electrons. The Kier molecular flexibility index (Phi) is 12.0. The number of ether oxygens (including phenoxy) is 1. The first-order valence-electron chi connectivity index (χ1n) is 21.3. The zero-order valence-electron chi connectivity index (χ0n) is 36.6. The van der Waals surface area contributed by atoms with Gasteiger partial charge in [-0.05, 0) is 144 Å². The molecule has 5 rings (SSSR count). The minimum Gasteiger partial charge on any atom is -0.495 e. The van der Waals surface area contributed by atoms with Gasteiger partial charge in [0, 0.05) is 44.4 Å². The highest BCUT2D eigenvalue weighted by molar-refractivity contribution is 6.07. The fourth-order valence-corrected chi connectivity index (χ4v) is 13.3. The quantitative estimate of drug-likeness (QED) is 0.167. The highest BCUT2D eigenvalue weighted by Crippen LogP contribution is 2.77. The number of carboxylic acids is 1. The summed E-state index contributed by atoms with van der Waals surface area (Å²) < 4.78 is 6.62. The lowest BCUT2D eigenvalue weighted by atomic mass is 9.33. The van der Waals surface area contributed by atoms with Crippen LogP contribution in [0.25, 0.3) is 0 Å². The summed E-state index contributed by atoms with van der Waals surface area (Å²) in [6.45, 7) is 28.4. The molecule has 0 aliphatic heterocycles. The molecule has 0 radical (unpaired) electrons. The average Bonchev–Trinajstić information content (AvgIpc) is 3.36. The SMILES string of the molecule is C=C(CC(C)(C)C(=O)O)O[C@H]1CC[C@@]2(C)C(CC[C@]3(C)C2CC[C@@H]2C4=C(C(C)C)C(=O)C[C@]4(C(=O)CN(CCN(C)C)CCN(C)C)CC[C@]23C)C1(C)C. The topological polar surface area (TPSA) is 90.4 Å². The van der Waals surface area contributed by atoms with Gasteiger partial charge in [-0.25, -0.2) is 0 Å². The Bertz CT molecular complexity index is 1500. The van der Waals surface area contributed by atoms with E-state index >= 15 is 0 Å². The van der Waals surface area contributed by atoms with Crippen molar-refractivity contribution in [1.29, 1.82) is 0 Å². The van der Waals surface area contributed by atoms with Crippen molar-refractivity contribution < 1.29 is 24.2 Å². The Hall–Kier alpha value is -2.03. The molecule has 8 atom stereocenters. The van der Waals surface area contributed by atoms with Gasteiger partial charge in [0.05, 0.1) is 23.1 Å². The van der Waals surface area contributed by atoms with Crippen LogP contribution in [0.4, 0.5) is 0 Å². The van der Waals surface area contributed by atoms with Gasteiger partial charge in [0.1, 0.15) is 6.10 Å². The maximum absolute atomic E-state index is 15.0. The van der Waals surface area contributed by atoms with Gasteiger partial charge in [0.15, 0.2) is 11.6 Å². The van der Waals surface area contributed by atoms with Crippen molar-refractivity contribution in [3.05, 3.63) is 23.5 Å². The summed E-state index contributed by atoms with van der Waals surface area (Å²) in [6.07, 6.45) is 8.88. The molecule has 5 aliphatic carbocycles. The highest BCUT2D eigenvalue weighted by Gasteiger charge is 2.71. The van der Waals surface area contributed by atoms with Crippen LogP contribution in [0.2, 0.25) is 0 Å². The predicted molar refractivity (Wildman–Crippen MR) is 218 cm³/mol. The zero-order valence-corrected chi connectivity index (χ0v) is 36.6. The minimum atomic E-state index is -0.917. The van der Waals surface area contributed by atoms with Gasteiger partial charge in [0.2, 0.25) is 0 Å². The number of nitrogens with zero attached hydrogens (tertiary/aromatic N) is 3. The number of allylic oxidation sites excluding steroid dienone is 3. The molecular weight excluding hydrogens is 675 g/mol. The lowest BCUT2D eigenvalue weighted by molar-refractivity contribution is -0.230. The third-order valence-corrected chi connectivity index (χ3v) is 16.5. The summed E-state index contributed by atoms with van der Waals surface area (Å²) in [4.78, 5) is 47.8. The number of fused-ring (bicyclic) bond motifs is 7. The summed E-state index contributed by atoms with van der Waals surface area (Å²) in [5.74, 6) is 1.61. The molecule has 8 nitrogen and oxygen atoms in total. The van der Waals surface area contributed by atoms with Gasteiger partial charge in [-0.2, -0.15) is 0 Å². The standard InChI is InChI=1S/C46H77N3O5/c1-30(2)38-33(50)28-46(36(51)29-49(25-23-47(11)12)26-24-48(13)14)22-21-44(9)32(39(38)46)15-16-35-43(8)19-18-37(54-31(3)27-41(4,5)40(52)53)42(6,7)34(43)17-20-45(35,44)10/h30,32,34-35,37H,3,15-29H2,1-2,4-14H3,(H,52,53)/t32-,34?,35?,37+,43+,44-,45-,46+/m1/s1. The lowest BCUT2D eigenvalue weighted by Crippen LogP contribution is -2.66. The summed E-state index contributed by atoms with van der Waals surface area (Å²) in [5.41, 5.74) is 0.780. The maximum atomic E-state index is 15.0. The van der Waals surface area contributed by atoms with E-state index in [1.165, 1.54) is 5.57 Å². The number of likely N-dealkylation sites (N-methyl/N-ethyl adjacent to an activating group) is 2. The van der Waals surface area contributed by atoms with E-state index in [1.807, 2.05) is 0 Å². The van der Waals surface area contributed by atoms with Gasteiger partial charge in [0.25, 0.3) is 0 Å². The van der Waals surface area contributed by atoms with Crippen molar-refractivity contribution in [3.8, 4) is 0 Å². The van der Waals surface area contributed by atoms with E-state index in [1.54, 1.807) is 13.8 Å². The van der Waals surface area contributed by atoms with Gasteiger partial charge >= 0.3 is 5.97 Å². The van der Waals surface area contributed by atoms with Crippen LogP contribution in [0.5, 0.6) is 0 Å². The van der Waals surface area contributed by atoms with Crippen molar-refractivity contribution in [1.82, 2.24) is 14.7 Å². The monoisotopic (exact) mass is 752 g/mol. The van der Waals surface area contributed by atoms with Gasteiger partial charge < -0.3 is 19.6 Å². The highest BCUT2D eigenvalue weighted by atomic mass is 16.5. The summed E-state index contributed by atoms with van der Waals surface area (Å²) in [6, 6.07) is 0. The largest absolute Gasteiger partial charge is 0.495 e. The molecule has 0 spiro atoms. The number of carbonyl (C=O) groups is 3. The van der Waals surface area contributed by atoms with Crippen molar-refractivity contribution in [2.24, 2.45) is 56.2 Å². The lowest BCUT2D eigenvalue weighted by Gasteiger charge is -2.72. The summed E-state index contributed by atoms with van der Waals surface area (Å²) in [5, 5.41) is 9.74. The number of hydrogen-bond acceptors (Lipinski definition) is 7. The van der Waals surface area contributed by atoms with E-state index in [-0.39, 0.29) is 51.2 Å². The third kappa shape index (κ3) is 7.20. The van der Waals surface area contributed by atoms with E-state index in [0.29, 0.717) is 37.0 Å². The molecule has 54 heavy (non-hydrogen) atoms. The summed E-state index contributed by atoms with van der Waals surface area (Å²) >= 11 is 0. The van der Waals surface area contributed by atoms with Crippen LogP contribution in [-0.2, 0) is 19.1 Å². The first-order chi connectivity index (χ1) is 24.9. The minimum absolute atomic E-state index is 0.00249. The molecule has 0 heterocycles. The van der Waals surface area contributed by atoms with Crippen LogP contribution in [0.15, 0.2) is 23.5 Å². The van der Waals surface area contributed by atoms with E-state index in [4.69, 9.17) is 4.74 Å². The molecule has 8 heteroatoms. The van der Waals surface area contributed by atoms with Gasteiger partial charge in [-0.15, -0.1) is 0 Å². The van der Waals surface area contributed by atoms with Crippen molar-refractivity contribution in [2.75, 3.05) is 60.9 Å². The van der Waals surface area contributed by atoms with E-state index in [2.05, 4.69) is 97.9 Å². The molecule has 0 aromatic heterocycles. The molecule has 1 N–H and O–H groups in total. The van der Waals surface area contributed by atoms with Crippen LogP contribution in [-0.4, -0.2) is 104 Å². The number of ketones is 2. The first kappa shape index (κ1) is 43.1. The fourth-order valence-electron chi connectivity index (χ4n) is 13.3. The Morgan fingerprint density at radius 2 is 1.46 bits per heavy atom. The maximum Gasteiger partial charge on any atom is 0.309 e. The first-order valence-corrected chi connectivity index (χ1v) is 21.3. The van der Waals surface area contributed by atoms with Crippen LogP contribution in [0, 0.1) is 56.2 Å². The van der Waals surface area contributed by atoms with Gasteiger partial charge in [-0.1, -0.05) is 55.0 Å². The average molecular weight is 752 g/mol. The zero-order chi connectivity index (χ0) is 40.4. The molecule has 0 aromatic carbocycles. The number of rotatable bonds is 15. The van der Waals surface area contributed by atoms with Crippen molar-refractivity contribution >= 4 is 17.5 Å². The van der Waals surface area contributed by atoms with E-state index in [0.717, 1.165) is 83.1 Å². The van der Waals surface area contributed by atoms with Crippen LogP contribution < -0.4 is 0 Å². The molecule has 4 fully saturated rings. The van der Waals surface area contributed by atoms with Crippen LogP contribution in [0.3, 0.4) is 0 Å². The Labute approximate surface area is 328 Å². The second-order valence-corrected chi connectivity index (χ2v) is 21.5. The van der Waals surface area contributed by atoms with E-state index in [9.17, 15) is 19.5 Å². The Morgan fingerprint density at radius 1 is 0.852 bits per heavy atom. The molecule has 5 aliphatic rings. The molecule has 0 saturated heterocycles. The number of Topliss-reactive ketones (excluding diaryl/α,β-unsaturated/α-hetero) is 2.